The molecule has 6 nitrogen and oxygen atoms in total. The number of hydrogen-bond acceptors (Lipinski definition) is 6. The Morgan fingerprint density at radius 1 is 1.17 bits per heavy atom. The van der Waals surface area contributed by atoms with E-state index >= 15 is 0 Å². The third kappa shape index (κ3) is 4.57. The maximum atomic E-state index is 4.48. The normalized spacial score (nSPS) is 11.9. The van der Waals surface area contributed by atoms with Gasteiger partial charge in [0.05, 0.1) is 6.20 Å². The molecule has 24 heavy (non-hydrogen) atoms. The van der Waals surface area contributed by atoms with Crippen LogP contribution in [0.2, 0.25) is 0 Å². The molecule has 2 aromatic rings. The van der Waals surface area contributed by atoms with Crippen LogP contribution in [0, 0.1) is 6.92 Å². The zero-order valence-electron chi connectivity index (χ0n) is 15.3. The van der Waals surface area contributed by atoms with E-state index in [4.69, 9.17) is 0 Å². The van der Waals surface area contributed by atoms with Gasteiger partial charge in [-0.1, -0.05) is 6.92 Å². The zero-order valence-corrected chi connectivity index (χ0v) is 15.3. The minimum absolute atomic E-state index is 0.317. The summed E-state index contributed by atoms with van der Waals surface area (Å²) in [4.78, 5) is 6.81. The highest BCUT2D eigenvalue weighted by Crippen LogP contribution is 2.25. The minimum atomic E-state index is 0.317. The van der Waals surface area contributed by atoms with Gasteiger partial charge in [-0.25, -0.2) is 0 Å². The molecule has 130 valence electrons. The number of benzene rings is 1. The monoisotopic (exact) mass is 328 g/mol. The molecular formula is C18H28N6. The summed E-state index contributed by atoms with van der Waals surface area (Å²) in [6, 6.07) is 6.74. The van der Waals surface area contributed by atoms with Crippen molar-refractivity contribution in [1.29, 1.82) is 0 Å². The molecule has 2 N–H and O–H groups in total. The van der Waals surface area contributed by atoms with Crippen molar-refractivity contribution in [2.75, 3.05) is 28.6 Å². The van der Waals surface area contributed by atoms with Crippen LogP contribution in [0.4, 0.5) is 23.1 Å². The minimum Gasteiger partial charge on any atom is -0.372 e. The Morgan fingerprint density at radius 2 is 1.92 bits per heavy atom. The topological polar surface area (TPSA) is 66.0 Å². The van der Waals surface area contributed by atoms with Crippen molar-refractivity contribution in [3.05, 3.63) is 30.0 Å². The van der Waals surface area contributed by atoms with Crippen LogP contribution in [-0.2, 0) is 0 Å². The zero-order chi connectivity index (χ0) is 17.5. The molecule has 1 atom stereocenters. The molecule has 0 saturated carbocycles. The van der Waals surface area contributed by atoms with Crippen molar-refractivity contribution in [3.8, 4) is 0 Å². The van der Waals surface area contributed by atoms with Gasteiger partial charge in [0.15, 0.2) is 5.82 Å². The first-order valence-corrected chi connectivity index (χ1v) is 8.66. The predicted molar refractivity (Wildman–Crippen MR) is 101 cm³/mol. The summed E-state index contributed by atoms with van der Waals surface area (Å²) in [5.41, 5.74) is 3.44. The Bertz CT molecular complexity index is 654. The second-order valence-corrected chi connectivity index (χ2v) is 5.92. The van der Waals surface area contributed by atoms with Gasteiger partial charge in [0.25, 0.3) is 0 Å². The summed E-state index contributed by atoms with van der Waals surface area (Å²) in [7, 11) is 0. The van der Waals surface area contributed by atoms with E-state index < -0.39 is 0 Å². The van der Waals surface area contributed by atoms with Crippen LogP contribution in [0.1, 0.15) is 39.7 Å². The smallest absolute Gasteiger partial charge is 0.244 e. The lowest BCUT2D eigenvalue weighted by atomic mass is 10.1. The van der Waals surface area contributed by atoms with Gasteiger partial charge in [-0.3, -0.25) is 0 Å². The fourth-order valence-electron chi connectivity index (χ4n) is 2.46. The van der Waals surface area contributed by atoms with Crippen LogP contribution in [0.5, 0.6) is 0 Å². The van der Waals surface area contributed by atoms with Crippen molar-refractivity contribution in [3.63, 3.8) is 0 Å². The van der Waals surface area contributed by atoms with E-state index in [1.165, 1.54) is 11.3 Å². The van der Waals surface area contributed by atoms with Crippen molar-refractivity contribution in [2.24, 2.45) is 0 Å². The molecule has 0 bridgehead atoms. The molecule has 0 fully saturated rings. The van der Waals surface area contributed by atoms with Gasteiger partial charge in [-0.2, -0.15) is 10.1 Å². The second kappa shape index (κ2) is 8.47. The first kappa shape index (κ1) is 18.0. The molecule has 1 heterocycles. The molecule has 2 rings (SSSR count). The molecule has 1 unspecified atom stereocenters. The summed E-state index contributed by atoms with van der Waals surface area (Å²) in [5.74, 6) is 1.24. The summed E-state index contributed by atoms with van der Waals surface area (Å²) in [6.45, 7) is 12.7. The Morgan fingerprint density at radius 3 is 2.54 bits per heavy atom. The third-order valence-corrected chi connectivity index (χ3v) is 4.15. The van der Waals surface area contributed by atoms with E-state index in [1.54, 1.807) is 6.20 Å². The van der Waals surface area contributed by atoms with Crippen LogP contribution >= 0.6 is 0 Å². The van der Waals surface area contributed by atoms with E-state index in [-0.39, 0.29) is 0 Å². The number of nitrogens with one attached hydrogen (secondary N) is 2. The molecular weight excluding hydrogens is 300 g/mol. The molecule has 0 spiro atoms. The molecule has 0 saturated heterocycles. The lowest BCUT2D eigenvalue weighted by Crippen LogP contribution is -2.21. The van der Waals surface area contributed by atoms with Crippen LogP contribution in [0.25, 0.3) is 0 Å². The van der Waals surface area contributed by atoms with Crippen LogP contribution in [-0.4, -0.2) is 34.3 Å². The maximum absolute atomic E-state index is 4.48. The van der Waals surface area contributed by atoms with Crippen molar-refractivity contribution in [2.45, 2.75) is 47.1 Å². The summed E-state index contributed by atoms with van der Waals surface area (Å²) < 4.78 is 0. The molecule has 0 amide bonds. The van der Waals surface area contributed by atoms with Crippen molar-refractivity contribution >= 4 is 23.1 Å². The van der Waals surface area contributed by atoms with Gasteiger partial charge in [-0.15, -0.1) is 5.10 Å². The number of nitrogens with zero attached hydrogens (tertiary/aromatic N) is 4. The number of aromatic nitrogens is 3. The molecule has 0 aliphatic carbocycles. The highest BCUT2D eigenvalue weighted by atomic mass is 15.3. The van der Waals surface area contributed by atoms with Crippen LogP contribution in [0.3, 0.4) is 0 Å². The molecule has 6 heteroatoms. The first-order chi connectivity index (χ1) is 11.6. The summed E-state index contributed by atoms with van der Waals surface area (Å²) in [5, 5.41) is 14.6. The Kier molecular flexibility index (Phi) is 6.35. The van der Waals surface area contributed by atoms with Crippen LogP contribution in [0.15, 0.2) is 24.4 Å². The van der Waals surface area contributed by atoms with E-state index in [0.717, 1.165) is 25.2 Å². The lowest BCUT2D eigenvalue weighted by Gasteiger charge is -2.22. The average Bonchev–Trinajstić information content (AvgIpc) is 2.58. The van der Waals surface area contributed by atoms with E-state index in [9.17, 15) is 0 Å². The fourth-order valence-corrected chi connectivity index (χ4v) is 2.46. The number of rotatable bonds is 8. The highest BCUT2D eigenvalue weighted by molar-refractivity contribution is 5.65. The molecule has 0 aliphatic heterocycles. The van der Waals surface area contributed by atoms with Gasteiger partial charge in [0.1, 0.15) is 0 Å². The summed E-state index contributed by atoms with van der Waals surface area (Å²) in [6.07, 6.45) is 2.65. The lowest BCUT2D eigenvalue weighted by molar-refractivity contribution is 0.746. The highest BCUT2D eigenvalue weighted by Gasteiger charge is 2.08. The quantitative estimate of drug-likeness (QED) is 0.764. The molecule has 0 aliphatic rings. The standard InChI is InChI=1S/C18H28N6/c1-6-14(5)20-18-22-17(12-19-23-18)21-16-10-9-15(11-13(16)4)24(7-2)8-3/h9-12,14H,6-8H2,1-5H3,(H2,20,21,22,23). The Balaban J connectivity index is 2.15. The van der Waals surface area contributed by atoms with Crippen molar-refractivity contribution in [1.82, 2.24) is 15.2 Å². The van der Waals surface area contributed by atoms with Crippen molar-refractivity contribution < 1.29 is 0 Å². The van der Waals surface area contributed by atoms with E-state index in [2.05, 4.69) is 83.5 Å². The summed E-state index contributed by atoms with van der Waals surface area (Å²) >= 11 is 0. The fraction of sp³-hybridized carbons (Fsp3) is 0.500. The number of hydrogen-bond donors (Lipinski definition) is 2. The number of anilines is 4. The molecule has 0 radical (unpaired) electrons. The molecule has 1 aromatic heterocycles. The Hall–Kier alpha value is -2.37. The van der Waals surface area contributed by atoms with E-state index in [0.29, 0.717) is 17.8 Å². The second-order valence-electron chi connectivity index (χ2n) is 5.92. The van der Waals surface area contributed by atoms with Gasteiger partial charge < -0.3 is 15.5 Å². The maximum Gasteiger partial charge on any atom is 0.244 e. The third-order valence-electron chi connectivity index (χ3n) is 4.15. The molecule has 1 aromatic carbocycles. The van der Waals surface area contributed by atoms with Gasteiger partial charge in [0.2, 0.25) is 5.95 Å². The average molecular weight is 328 g/mol. The van der Waals surface area contributed by atoms with Gasteiger partial charge >= 0.3 is 0 Å². The Labute approximate surface area is 144 Å². The van der Waals surface area contributed by atoms with E-state index in [1.807, 2.05) is 0 Å². The predicted octanol–water partition coefficient (Wildman–Crippen LogP) is 3.98. The largest absolute Gasteiger partial charge is 0.372 e. The van der Waals surface area contributed by atoms with Crippen LogP contribution < -0.4 is 15.5 Å². The SMILES string of the molecule is CCC(C)Nc1nncc(Nc2ccc(N(CC)CC)cc2C)n1. The van der Waals surface area contributed by atoms with Gasteiger partial charge in [-0.05, 0) is 57.9 Å². The first-order valence-electron chi connectivity index (χ1n) is 8.66. The van der Waals surface area contributed by atoms with Gasteiger partial charge in [0, 0.05) is 30.5 Å². The number of aryl methyl sites for hydroxylation is 1.